The van der Waals surface area contributed by atoms with Crippen molar-refractivity contribution in [1.29, 1.82) is 0 Å². The Morgan fingerprint density at radius 1 is 1.18 bits per heavy atom. The van der Waals surface area contributed by atoms with Gasteiger partial charge in [-0.2, -0.15) is 0 Å². The van der Waals surface area contributed by atoms with Crippen LogP contribution in [0.1, 0.15) is 10.7 Å². The normalized spacial score (nSPS) is 13.6. The van der Waals surface area contributed by atoms with E-state index >= 15 is 0 Å². The molecule has 1 saturated heterocycles. The molecule has 3 N–H and O–H groups in total. The van der Waals surface area contributed by atoms with Gasteiger partial charge in [-0.1, -0.05) is 0 Å². The predicted octanol–water partition coefficient (Wildman–Crippen LogP) is 0.435. The van der Waals surface area contributed by atoms with Gasteiger partial charge in [-0.05, 0) is 29.8 Å². The van der Waals surface area contributed by atoms with Crippen LogP contribution in [0.3, 0.4) is 0 Å². The number of aliphatic carboxylic acids is 1. The van der Waals surface area contributed by atoms with E-state index in [0.717, 1.165) is 49.0 Å². The molecule has 0 unspecified atom stereocenters. The van der Waals surface area contributed by atoms with E-state index in [1.54, 1.807) is 36.7 Å². The maximum atomic E-state index is 12.2. The molecule has 34 heavy (non-hydrogen) atoms. The molecule has 1 fully saturated rings. The van der Waals surface area contributed by atoms with Gasteiger partial charge < -0.3 is 29.7 Å². The van der Waals surface area contributed by atoms with E-state index in [0.29, 0.717) is 16.7 Å². The minimum absolute atomic E-state index is 0. The molecule has 0 aliphatic carbocycles. The number of aromatic amines is 1. The number of nitrogens with one attached hydrogen (secondary N) is 3. The fraction of sp³-hybridized carbons (Fsp3) is 0.333. The Morgan fingerprint density at radius 3 is 2.68 bits per heavy atom. The maximum absolute atomic E-state index is 12.2. The summed E-state index contributed by atoms with van der Waals surface area (Å²) in [4.78, 5) is 37.7. The number of morpholine rings is 1. The van der Waals surface area contributed by atoms with Crippen molar-refractivity contribution in [2.45, 2.75) is 13.1 Å². The first-order valence-electron chi connectivity index (χ1n) is 10.3. The smallest absolute Gasteiger partial charge is 0.321 e. The largest absolute Gasteiger partial charge is 0.546 e. The van der Waals surface area contributed by atoms with E-state index in [9.17, 15) is 14.7 Å². The summed E-state index contributed by atoms with van der Waals surface area (Å²) in [5, 5.41) is 16.5. The molecule has 2 aromatic heterocycles. The quantitative estimate of drug-likeness (QED) is 0.364. The van der Waals surface area contributed by atoms with Crippen molar-refractivity contribution in [1.82, 2.24) is 25.2 Å². The summed E-state index contributed by atoms with van der Waals surface area (Å²) in [7, 11) is 0. The Morgan fingerprint density at radius 2 is 1.94 bits per heavy atom. The SMILES string of the molecule is O=C([O-])COc1ccc(-c2cnc(CNC(=O)Nc3ncc(CN4CCOCC4)s3)[nH]2)cc1.[Na]. The number of carbonyl (C=O) groups is 2. The Bertz CT molecular complexity index is 1080. The second-order valence-corrected chi connectivity index (χ2v) is 8.37. The van der Waals surface area contributed by atoms with E-state index in [4.69, 9.17) is 9.47 Å². The number of anilines is 1. The number of thiazole rings is 1. The number of amides is 2. The van der Waals surface area contributed by atoms with Crippen molar-refractivity contribution in [3.63, 3.8) is 0 Å². The number of carboxylic acids is 1. The summed E-state index contributed by atoms with van der Waals surface area (Å²) >= 11 is 1.45. The van der Waals surface area contributed by atoms with Gasteiger partial charge in [0.05, 0.1) is 37.6 Å². The van der Waals surface area contributed by atoms with E-state index in [1.807, 2.05) is 0 Å². The summed E-state index contributed by atoms with van der Waals surface area (Å²) in [6.45, 7) is 3.78. The molecule has 11 nitrogen and oxygen atoms in total. The second kappa shape index (κ2) is 12.8. The number of urea groups is 1. The molecule has 1 aliphatic rings. The Kier molecular flexibility index (Phi) is 9.86. The van der Waals surface area contributed by atoms with Gasteiger partial charge in [0.1, 0.15) is 18.2 Å². The van der Waals surface area contributed by atoms with Gasteiger partial charge in [0.15, 0.2) is 5.13 Å². The van der Waals surface area contributed by atoms with Crippen molar-refractivity contribution in [3.8, 4) is 17.0 Å². The van der Waals surface area contributed by atoms with Gasteiger partial charge in [-0.3, -0.25) is 10.2 Å². The minimum Gasteiger partial charge on any atom is -0.546 e. The molecular weight excluding hydrogens is 471 g/mol. The molecule has 0 atom stereocenters. The summed E-state index contributed by atoms with van der Waals surface area (Å²) in [5.74, 6) is -0.266. The molecule has 0 bridgehead atoms. The molecular formula is C21H23N6NaO5S-. The van der Waals surface area contributed by atoms with Gasteiger partial charge in [0.2, 0.25) is 0 Å². The predicted molar refractivity (Wildman–Crippen MR) is 124 cm³/mol. The summed E-state index contributed by atoms with van der Waals surface area (Å²) in [6.07, 6.45) is 3.44. The fourth-order valence-corrected chi connectivity index (χ4v) is 4.05. The van der Waals surface area contributed by atoms with E-state index in [-0.39, 0.29) is 42.1 Å². The number of hydrogen-bond acceptors (Lipinski definition) is 9. The molecule has 1 aliphatic heterocycles. The van der Waals surface area contributed by atoms with Crippen molar-refractivity contribution < 1.29 is 24.2 Å². The van der Waals surface area contributed by atoms with Gasteiger partial charge in [0, 0.05) is 60.3 Å². The topological polar surface area (TPSA) is 145 Å². The third kappa shape index (κ3) is 7.79. The molecule has 3 heterocycles. The molecule has 13 heteroatoms. The fourth-order valence-electron chi connectivity index (χ4n) is 3.20. The molecule has 1 radical (unpaired) electrons. The number of carbonyl (C=O) groups excluding carboxylic acids is 2. The number of aromatic nitrogens is 3. The number of nitrogens with zero attached hydrogens (tertiary/aromatic N) is 3. The van der Waals surface area contributed by atoms with E-state index in [1.165, 1.54) is 11.3 Å². The van der Waals surface area contributed by atoms with E-state index in [2.05, 4.69) is 30.5 Å². The molecule has 4 rings (SSSR count). The number of ether oxygens (including phenoxy) is 2. The number of rotatable bonds is 9. The van der Waals surface area contributed by atoms with Crippen molar-refractivity contribution in [2.75, 3.05) is 38.2 Å². The first kappa shape index (κ1) is 26.1. The van der Waals surface area contributed by atoms with Crippen LogP contribution in [0.5, 0.6) is 5.75 Å². The summed E-state index contributed by atoms with van der Waals surface area (Å²) in [6, 6.07) is 6.50. The Balaban J connectivity index is 0.00000324. The minimum atomic E-state index is -1.28. The monoisotopic (exact) mass is 494 g/mol. The third-order valence-corrected chi connectivity index (χ3v) is 5.72. The van der Waals surface area contributed by atoms with Crippen LogP contribution in [-0.4, -0.2) is 94.3 Å². The van der Waals surface area contributed by atoms with Gasteiger partial charge in [-0.15, -0.1) is 11.3 Å². The van der Waals surface area contributed by atoms with Crippen LogP contribution in [0.15, 0.2) is 36.7 Å². The first-order valence-corrected chi connectivity index (χ1v) is 11.1. The van der Waals surface area contributed by atoms with Crippen molar-refractivity contribution in [2.24, 2.45) is 0 Å². The van der Waals surface area contributed by atoms with Gasteiger partial charge in [0.25, 0.3) is 0 Å². The zero-order valence-electron chi connectivity index (χ0n) is 18.7. The molecule has 0 spiro atoms. The number of imidazole rings is 1. The third-order valence-electron chi connectivity index (χ3n) is 4.82. The molecule has 175 valence electrons. The molecule has 2 amide bonds. The average molecular weight is 495 g/mol. The van der Waals surface area contributed by atoms with Gasteiger partial charge >= 0.3 is 6.03 Å². The maximum Gasteiger partial charge on any atom is 0.321 e. The van der Waals surface area contributed by atoms with Crippen LogP contribution in [0.2, 0.25) is 0 Å². The van der Waals surface area contributed by atoms with Crippen LogP contribution < -0.4 is 20.5 Å². The average Bonchev–Trinajstić information content (AvgIpc) is 3.47. The molecule has 0 saturated carbocycles. The Hall–Kier alpha value is -2.48. The zero-order valence-corrected chi connectivity index (χ0v) is 21.5. The summed E-state index contributed by atoms with van der Waals surface area (Å²) < 4.78 is 10.4. The van der Waals surface area contributed by atoms with Crippen LogP contribution >= 0.6 is 11.3 Å². The zero-order chi connectivity index (χ0) is 23.0. The standard InChI is InChI=1S/C21H24N6O5S.Na/c28-19(29)13-32-15-3-1-14(2-4-15)17-10-22-18(25-17)11-23-20(30)26-21-24-9-16(33-21)12-27-5-7-31-8-6-27;/h1-4,9-10H,5-8,11-13H2,(H,22,25)(H,28,29)(H2,23,24,26,30);/p-1. The number of hydrogen-bond donors (Lipinski definition) is 3. The second-order valence-electron chi connectivity index (χ2n) is 7.26. The first-order chi connectivity index (χ1) is 16.0. The van der Waals surface area contributed by atoms with Crippen molar-refractivity contribution in [3.05, 3.63) is 47.4 Å². The van der Waals surface area contributed by atoms with Crippen LogP contribution in [-0.2, 0) is 22.6 Å². The van der Waals surface area contributed by atoms with Gasteiger partial charge in [-0.25, -0.2) is 14.8 Å². The van der Waals surface area contributed by atoms with Crippen LogP contribution in [0.25, 0.3) is 11.3 Å². The van der Waals surface area contributed by atoms with E-state index < -0.39 is 12.6 Å². The Labute approximate surface area is 222 Å². The van der Waals surface area contributed by atoms with Crippen LogP contribution in [0, 0.1) is 0 Å². The number of carboxylic acid groups (broad SMARTS) is 1. The van der Waals surface area contributed by atoms with Crippen LogP contribution in [0.4, 0.5) is 9.93 Å². The summed E-state index contributed by atoms with van der Waals surface area (Å²) in [5.41, 5.74) is 1.60. The number of H-pyrrole nitrogens is 1. The van der Waals surface area contributed by atoms with Crippen molar-refractivity contribution >= 4 is 58.0 Å². The number of benzene rings is 1. The molecule has 3 aromatic rings. The molecule has 1 aromatic carbocycles.